The maximum atomic E-state index is 13.2. The van der Waals surface area contributed by atoms with E-state index in [4.69, 9.17) is 10.5 Å². The number of methoxy groups -OCH3 is 1. The van der Waals surface area contributed by atoms with Crippen molar-refractivity contribution < 1.29 is 14.3 Å². The molecule has 0 spiro atoms. The minimum absolute atomic E-state index is 0. The third-order valence-corrected chi connectivity index (χ3v) is 4.71. The van der Waals surface area contributed by atoms with Crippen molar-refractivity contribution in [2.45, 2.75) is 13.0 Å². The second-order valence-electron chi connectivity index (χ2n) is 6.62. The maximum Gasteiger partial charge on any atom is 0.322 e. The molecule has 1 saturated heterocycles. The summed E-state index contributed by atoms with van der Waals surface area (Å²) in [6.45, 7) is 2.69. The largest absolute Gasteiger partial charge is 0.495 e. The minimum Gasteiger partial charge on any atom is -0.495 e. The van der Waals surface area contributed by atoms with E-state index in [2.05, 4.69) is 5.32 Å². The zero-order valence-corrected chi connectivity index (χ0v) is 17.3. The van der Waals surface area contributed by atoms with Gasteiger partial charge >= 0.3 is 6.03 Å². The highest BCUT2D eigenvalue weighted by molar-refractivity contribution is 5.99. The predicted octanol–water partition coefficient (Wildman–Crippen LogP) is 2.64. The van der Waals surface area contributed by atoms with Crippen molar-refractivity contribution in [3.63, 3.8) is 0 Å². The quantitative estimate of drug-likeness (QED) is 0.689. The number of benzene rings is 2. The summed E-state index contributed by atoms with van der Waals surface area (Å²) in [5.74, 6) is 0.464. The molecule has 1 aliphatic heterocycles. The fraction of sp³-hybridized carbons (Fsp3) is 0.333. The van der Waals surface area contributed by atoms with Crippen LogP contribution < -0.4 is 20.7 Å². The van der Waals surface area contributed by atoms with Gasteiger partial charge in [0.1, 0.15) is 5.75 Å². The zero-order valence-electron chi connectivity index (χ0n) is 16.5. The van der Waals surface area contributed by atoms with Gasteiger partial charge in [0.05, 0.1) is 12.8 Å². The third-order valence-electron chi connectivity index (χ3n) is 4.71. The lowest BCUT2D eigenvalue weighted by Crippen LogP contribution is -2.33. The molecule has 2 aromatic carbocycles. The van der Waals surface area contributed by atoms with E-state index in [0.717, 1.165) is 12.0 Å². The Bertz CT molecular complexity index is 832. The van der Waals surface area contributed by atoms with Gasteiger partial charge in [-0.2, -0.15) is 0 Å². The fourth-order valence-electron chi connectivity index (χ4n) is 3.26. The van der Waals surface area contributed by atoms with Gasteiger partial charge in [0.2, 0.25) is 0 Å². The number of urea groups is 1. The Hall–Kier alpha value is -2.77. The first-order valence-electron chi connectivity index (χ1n) is 9.40. The van der Waals surface area contributed by atoms with E-state index in [1.54, 1.807) is 35.1 Å². The number of nitrogens with one attached hydrogen (secondary N) is 1. The molecule has 2 aromatic rings. The molecule has 1 aliphatic rings. The first kappa shape index (κ1) is 22.5. The Kier molecular flexibility index (Phi) is 8.30. The number of carbonyl (C=O) groups is 2. The van der Waals surface area contributed by atoms with Crippen LogP contribution in [0.1, 0.15) is 22.3 Å². The summed E-state index contributed by atoms with van der Waals surface area (Å²) in [5, 5.41) is 2.77. The van der Waals surface area contributed by atoms with E-state index < -0.39 is 0 Å². The topological polar surface area (TPSA) is 87.9 Å². The summed E-state index contributed by atoms with van der Waals surface area (Å²) in [4.78, 5) is 28.7. The Balaban J connectivity index is 0.00000300. The van der Waals surface area contributed by atoms with Gasteiger partial charge in [-0.05, 0) is 36.7 Å². The number of ether oxygens (including phenoxy) is 1. The number of anilines is 1. The number of hydrogen-bond acceptors (Lipinski definition) is 4. The van der Waals surface area contributed by atoms with Crippen LogP contribution in [0, 0.1) is 0 Å². The average Bonchev–Trinajstić information content (AvgIpc) is 3.16. The van der Waals surface area contributed by atoms with Crippen LogP contribution in [-0.4, -0.2) is 50.1 Å². The monoisotopic (exact) mass is 418 g/mol. The molecule has 3 rings (SSSR count). The minimum atomic E-state index is -0.188. The van der Waals surface area contributed by atoms with Crippen LogP contribution in [0.15, 0.2) is 48.5 Å². The molecule has 3 amide bonds. The highest BCUT2D eigenvalue weighted by Crippen LogP contribution is 2.31. The first-order valence-corrected chi connectivity index (χ1v) is 9.40. The molecular formula is C21H27ClN4O3. The molecule has 0 bridgehead atoms. The molecular weight excluding hydrogens is 392 g/mol. The molecule has 1 fully saturated rings. The molecule has 156 valence electrons. The number of amides is 3. The Morgan fingerprint density at radius 1 is 1.24 bits per heavy atom. The van der Waals surface area contributed by atoms with Gasteiger partial charge in [-0.1, -0.05) is 30.3 Å². The highest BCUT2D eigenvalue weighted by atomic mass is 35.5. The van der Waals surface area contributed by atoms with Gasteiger partial charge < -0.3 is 20.7 Å². The summed E-state index contributed by atoms with van der Waals surface area (Å²) < 4.78 is 5.40. The van der Waals surface area contributed by atoms with Crippen molar-refractivity contribution in [2.75, 3.05) is 38.2 Å². The van der Waals surface area contributed by atoms with Gasteiger partial charge in [-0.3, -0.25) is 9.69 Å². The van der Waals surface area contributed by atoms with Gasteiger partial charge in [0.25, 0.3) is 5.91 Å². The Morgan fingerprint density at radius 3 is 2.62 bits per heavy atom. The molecule has 3 N–H and O–H groups in total. The first-order chi connectivity index (χ1) is 13.6. The van der Waals surface area contributed by atoms with Crippen molar-refractivity contribution in [1.82, 2.24) is 10.2 Å². The summed E-state index contributed by atoms with van der Waals surface area (Å²) >= 11 is 0. The standard InChI is InChI=1S/C21H26N4O3.ClH/c1-28-19-9-8-17(14-18(19)25-13-11-23-21(25)27)20(26)24(12-5-10-22)15-16-6-3-2-4-7-16;/h2-4,6-9,14H,5,10-13,15,22H2,1H3,(H,23,27);1H. The Labute approximate surface area is 177 Å². The van der Waals surface area contributed by atoms with Crippen molar-refractivity contribution in [3.8, 4) is 5.75 Å². The fourth-order valence-corrected chi connectivity index (χ4v) is 3.26. The van der Waals surface area contributed by atoms with Gasteiger partial charge in [-0.15, -0.1) is 12.4 Å². The van der Waals surface area contributed by atoms with E-state index in [9.17, 15) is 9.59 Å². The average molecular weight is 419 g/mol. The lowest BCUT2D eigenvalue weighted by atomic mass is 10.1. The number of rotatable bonds is 8. The van der Waals surface area contributed by atoms with Crippen molar-refractivity contribution in [1.29, 1.82) is 0 Å². The number of nitrogens with zero attached hydrogens (tertiary/aromatic N) is 2. The molecule has 0 aromatic heterocycles. The zero-order chi connectivity index (χ0) is 19.9. The predicted molar refractivity (Wildman–Crippen MR) is 116 cm³/mol. The van der Waals surface area contributed by atoms with Crippen LogP contribution in [0.4, 0.5) is 10.5 Å². The molecule has 1 heterocycles. The number of nitrogens with two attached hydrogens (primary N) is 1. The molecule has 0 aliphatic carbocycles. The molecule has 0 atom stereocenters. The van der Waals surface area contributed by atoms with Gasteiger partial charge in [-0.25, -0.2) is 4.79 Å². The molecule has 0 unspecified atom stereocenters. The lowest BCUT2D eigenvalue weighted by molar-refractivity contribution is 0.0742. The normalized spacial score (nSPS) is 12.9. The van der Waals surface area contributed by atoms with E-state index in [0.29, 0.717) is 49.7 Å². The molecule has 7 nitrogen and oxygen atoms in total. The smallest absolute Gasteiger partial charge is 0.322 e. The molecule has 0 radical (unpaired) electrons. The third kappa shape index (κ3) is 5.40. The van der Waals surface area contributed by atoms with Crippen LogP contribution >= 0.6 is 12.4 Å². The number of halogens is 1. The number of hydrogen-bond donors (Lipinski definition) is 2. The summed E-state index contributed by atoms with van der Waals surface area (Å²) in [7, 11) is 1.55. The summed E-state index contributed by atoms with van der Waals surface area (Å²) in [6, 6.07) is 14.9. The van der Waals surface area contributed by atoms with Crippen LogP contribution in [0.3, 0.4) is 0 Å². The molecule has 8 heteroatoms. The van der Waals surface area contributed by atoms with E-state index in [1.165, 1.54) is 0 Å². The number of carbonyl (C=O) groups excluding carboxylic acids is 2. The summed E-state index contributed by atoms with van der Waals surface area (Å²) in [6.07, 6.45) is 0.718. The second kappa shape index (κ2) is 10.7. The lowest BCUT2D eigenvalue weighted by Gasteiger charge is -2.24. The van der Waals surface area contributed by atoms with Crippen LogP contribution in [0.2, 0.25) is 0 Å². The van der Waals surface area contributed by atoms with Crippen LogP contribution in [-0.2, 0) is 6.54 Å². The Morgan fingerprint density at radius 2 is 2.00 bits per heavy atom. The van der Waals surface area contributed by atoms with Crippen molar-refractivity contribution in [2.24, 2.45) is 5.73 Å². The maximum absolute atomic E-state index is 13.2. The van der Waals surface area contributed by atoms with E-state index in [-0.39, 0.29) is 24.3 Å². The summed E-state index contributed by atoms with van der Waals surface area (Å²) in [5.41, 5.74) is 7.84. The highest BCUT2D eigenvalue weighted by Gasteiger charge is 2.26. The van der Waals surface area contributed by atoms with Crippen molar-refractivity contribution >= 4 is 30.0 Å². The second-order valence-corrected chi connectivity index (χ2v) is 6.62. The van der Waals surface area contributed by atoms with Gasteiger partial charge in [0, 0.05) is 31.7 Å². The van der Waals surface area contributed by atoms with E-state index in [1.807, 2.05) is 30.3 Å². The van der Waals surface area contributed by atoms with Crippen LogP contribution in [0.5, 0.6) is 5.75 Å². The molecule has 0 saturated carbocycles. The van der Waals surface area contributed by atoms with Crippen LogP contribution in [0.25, 0.3) is 0 Å². The van der Waals surface area contributed by atoms with E-state index >= 15 is 0 Å². The SMILES string of the molecule is COc1ccc(C(=O)N(CCCN)Cc2ccccc2)cc1N1CCNC1=O.Cl. The van der Waals surface area contributed by atoms with Gasteiger partial charge in [0.15, 0.2) is 0 Å². The van der Waals surface area contributed by atoms with Crippen molar-refractivity contribution in [3.05, 3.63) is 59.7 Å². The molecule has 29 heavy (non-hydrogen) atoms.